The third-order valence-electron chi connectivity index (χ3n) is 4.89. The lowest BCUT2D eigenvalue weighted by molar-refractivity contribution is 0.324. The van der Waals surface area contributed by atoms with Crippen LogP contribution in [0, 0.1) is 0 Å². The monoisotopic (exact) mass is 454 g/mol. The van der Waals surface area contributed by atoms with Gasteiger partial charge in [0.25, 0.3) is 0 Å². The number of aromatic nitrogens is 3. The van der Waals surface area contributed by atoms with Crippen molar-refractivity contribution >= 4 is 32.5 Å². The van der Waals surface area contributed by atoms with Crippen molar-refractivity contribution in [2.45, 2.75) is 4.90 Å². The summed E-state index contributed by atoms with van der Waals surface area (Å²) in [5, 5.41) is 4.00. The van der Waals surface area contributed by atoms with Crippen LogP contribution in [0.1, 0.15) is 0 Å². The maximum atomic E-state index is 11.7. The highest BCUT2D eigenvalue weighted by molar-refractivity contribution is 7.90. The average molecular weight is 455 g/mol. The molecule has 4 rings (SSSR count). The maximum Gasteiger partial charge on any atom is 0.229 e. The molecule has 0 aliphatic carbocycles. The minimum atomic E-state index is -3.26. The highest BCUT2D eigenvalue weighted by atomic mass is 32.2. The number of nitrogens with one attached hydrogen (secondary N) is 1. The lowest BCUT2D eigenvalue weighted by atomic mass is 10.2. The molecule has 9 nitrogen and oxygen atoms in total. The molecule has 0 fully saturated rings. The van der Waals surface area contributed by atoms with Crippen molar-refractivity contribution < 1.29 is 22.6 Å². The molecule has 4 aromatic rings. The summed E-state index contributed by atoms with van der Waals surface area (Å²) in [4.78, 5) is 9.28. The molecule has 0 amide bonds. The molecular formula is C22H22N4O5S. The summed E-state index contributed by atoms with van der Waals surface area (Å²) in [5.41, 5.74) is 2.11. The lowest BCUT2D eigenvalue weighted by Gasteiger charge is -2.14. The summed E-state index contributed by atoms with van der Waals surface area (Å²) in [6.07, 6.45) is 4.75. The van der Waals surface area contributed by atoms with Crippen LogP contribution in [-0.4, -0.2) is 50.5 Å². The van der Waals surface area contributed by atoms with Gasteiger partial charge in [0.05, 0.1) is 26.2 Å². The predicted molar refractivity (Wildman–Crippen MR) is 121 cm³/mol. The van der Waals surface area contributed by atoms with Crippen molar-refractivity contribution in [3.63, 3.8) is 0 Å². The zero-order valence-electron chi connectivity index (χ0n) is 18.0. The Labute approximate surface area is 185 Å². The van der Waals surface area contributed by atoms with E-state index < -0.39 is 9.84 Å². The van der Waals surface area contributed by atoms with Crippen molar-refractivity contribution in [2.24, 2.45) is 0 Å². The molecule has 32 heavy (non-hydrogen) atoms. The Morgan fingerprint density at radius 2 is 1.59 bits per heavy atom. The van der Waals surface area contributed by atoms with Crippen LogP contribution in [0.4, 0.5) is 11.6 Å². The molecule has 0 unspecified atom stereocenters. The highest BCUT2D eigenvalue weighted by Gasteiger charge is 2.15. The first-order valence-corrected chi connectivity index (χ1v) is 11.4. The molecule has 0 radical (unpaired) electrons. The minimum absolute atomic E-state index is 0.261. The summed E-state index contributed by atoms with van der Waals surface area (Å²) >= 11 is 0. The first-order valence-electron chi connectivity index (χ1n) is 9.55. The van der Waals surface area contributed by atoms with E-state index in [1.165, 1.54) is 6.26 Å². The first-order chi connectivity index (χ1) is 15.3. The van der Waals surface area contributed by atoms with Gasteiger partial charge in [-0.15, -0.1) is 0 Å². The molecule has 0 saturated carbocycles. The SMILES string of the molecule is COc1cc(Nc2ncc3ccn(-c4ccc(S(C)(=O)=O)cc4)c3n2)cc(OC)c1OC. The molecule has 2 aromatic carbocycles. The molecule has 10 heteroatoms. The number of nitrogens with zero attached hydrogens (tertiary/aromatic N) is 3. The van der Waals surface area contributed by atoms with Gasteiger partial charge < -0.3 is 24.1 Å². The molecular weight excluding hydrogens is 432 g/mol. The van der Waals surface area contributed by atoms with Crippen LogP contribution in [0.15, 0.2) is 59.8 Å². The zero-order chi connectivity index (χ0) is 22.9. The van der Waals surface area contributed by atoms with E-state index >= 15 is 0 Å². The number of fused-ring (bicyclic) bond motifs is 1. The van der Waals surface area contributed by atoms with Gasteiger partial charge in [0.15, 0.2) is 21.3 Å². The number of ether oxygens (including phenoxy) is 3. The fourth-order valence-electron chi connectivity index (χ4n) is 3.32. The van der Waals surface area contributed by atoms with E-state index in [1.807, 2.05) is 16.8 Å². The zero-order valence-corrected chi connectivity index (χ0v) is 18.8. The van der Waals surface area contributed by atoms with Crippen LogP contribution in [0.25, 0.3) is 16.7 Å². The van der Waals surface area contributed by atoms with Crippen molar-refractivity contribution in [2.75, 3.05) is 32.9 Å². The molecule has 0 bridgehead atoms. The molecule has 2 aromatic heterocycles. The van der Waals surface area contributed by atoms with Crippen molar-refractivity contribution in [3.8, 4) is 22.9 Å². The van der Waals surface area contributed by atoms with Crippen molar-refractivity contribution in [1.29, 1.82) is 0 Å². The fourth-order valence-corrected chi connectivity index (χ4v) is 3.95. The fraction of sp³-hybridized carbons (Fsp3) is 0.182. The van der Waals surface area contributed by atoms with Crippen LogP contribution in [-0.2, 0) is 9.84 Å². The Bertz CT molecular complexity index is 1360. The standard InChI is InChI=1S/C22H22N4O5S/c1-29-18-11-15(12-19(30-2)20(18)31-3)24-22-23-13-14-9-10-26(21(14)25-22)16-5-7-17(8-6-16)32(4,27)28/h5-13H,1-4H3,(H,23,24,25). The Kier molecular flexibility index (Phi) is 5.62. The van der Waals surface area contributed by atoms with Gasteiger partial charge in [0, 0.05) is 47.5 Å². The van der Waals surface area contributed by atoms with Gasteiger partial charge >= 0.3 is 0 Å². The second-order valence-electron chi connectivity index (χ2n) is 6.96. The average Bonchev–Trinajstić information content (AvgIpc) is 3.21. The van der Waals surface area contributed by atoms with Crippen LogP contribution in [0.5, 0.6) is 17.2 Å². The van der Waals surface area contributed by atoms with Gasteiger partial charge in [-0.25, -0.2) is 13.4 Å². The normalized spacial score (nSPS) is 11.4. The Hall–Kier alpha value is -3.79. The van der Waals surface area contributed by atoms with Crippen molar-refractivity contribution in [3.05, 3.63) is 54.9 Å². The molecule has 166 valence electrons. The first kappa shape index (κ1) is 21.4. The summed E-state index contributed by atoms with van der Waals surface area (Å²) in [6.45, 7) is 0. The summed E-state index contributed by atoms with van der Waals surface area (Å²) in [5.74, 6) is 1.87. The molecule has 0 spiro atoms. The van der Waals surface area contributed by atoms with Crippen LogP contribution in [0.3, 0.4) is 0 Å². The second kappa shape index (κ2) is 8.39. The smallest absolute Gasteiger partial charge is 0.229 e. The molecule has 0 aliphatic heterocycles. The minimum Gasteiger partial charge on any atom is -0.493 e. The van der Waals surface area contributed by atoms with Gasteiger partial charge in [-0.05, 0) is 30.3 Å². The number of hydrogen-bond acceptors (Lipinski definition) is 8. The Morgan fingerprint density at radius 3 is 2.16 bits per heavy atom. The van der Waals surface area contributed by atoms with Crippen LogP contribution < -0.4 is 19.5 Å². The van der Waals surface area contributed by atoms with Crippen LogP contribution in [0.2, 0.25) is 0 Å². The molecule has 1 N–H and O–H groups in total. The number of hydrogen-bond donors (Lipinski definition) is 1. The summed E-state index contributed by atoms with van der Waals surface area (Å²) in [6, 6.07) is 12.0. The van der Waals surface area contributed by atoms with E-state index in [9.17, 15) is 8.42 Å². The van der Waals surface area contributed by atoms with Gasteiger partial charge in [-0.1, -0.05) is 0 Å². The Morgan fingerprint density at radius 1 is 0.938 bits per heavy atom. The summed E-state index contributed by atoms with van der Waals surface area (Å²) in [7, 11) is 1.37. The number of anilines is 2. The highest BCUT2D eigenvalue weighted by Crippen LogP contribution is 2.40. The molecule has 2 heterocycles. The molecule has 0 aliphatic rings. The second-order valence-corrected chi connectivity index (χ2v) is 8.98. The largest absolute Gasteiger partial charge is 0.493 e. The van der Waals surface area contributed by atoms with Gasteiger partial charge in [0.1, 0.15) is 5.65 Å². The van der Waals surface area contributed by atoms with Gasteiger partial charge in [0.2, 0.25) is 11.7 Å². The molecule has 0 atom stereocenters. The predicted octanol–water partition coefficient (Wildman–Crippen LogP) is 3.59. The number of sulfone groups is 1. The van der Waals surface area contributed by atoms with E-state index in [0.29, 0.717) is 34.5 Å². The number of rotatable bonds is 7. The lowest BCUT2D eigenvalue weighted by Crippen LogP contribution is -2.02. The van der Waals surface area contributed by atoms with Crippen LogP contribution >= 0.6 is 0 Å². The topological polar surface area (TPSA) is 105 Å². The summed E-state index contributed by atoms with van der Waals surface area (Å²) < 4.78 is 41.5. The van der Waals surface area contributed by atoms with E-state index in [0.717, 1.165) is 11.1 Å². The Balaban J connectivity index is 1.71. The third kappa shape index (κ3) is 4.04. The third-order valence-corrected chi connectivity index (χ3v) is 6.02. The number of benzene rings is 2. The van der Waals surface area contributed by atoms with E-state index in [2.05, 4.69) is 15.3 Å². The number of methoxy groups -OCH3 is 3. The molecule has 0 saturated heterocycles. The van der Waals surface area contributed by atoms with E-state index in [1.54, 1.807) is 63.9 Å². The quantitative estimate of drug-likeness (QED) is 0.452. The van der Waals surface area contributed by atoms with Gasteiger partial charge in [-0.3, -0.25) is 0 Å². The van der Waals surface area contributed by atoms with Crippen molar-refractivity contribution in [1.82, 2.24) is 14.5 Å². The van der Waals surface area contributed by atoms with Gasteiger partial charge in [-0.2, -0.15) is 4.98 Å². The van der Waals surface area contributed by atoms with E-state index in [4.69, 9.17) is 14.2 Å². The van der Waals surface area contributed by atoms with E-state index in [-0.39, 0.29) is 4.90 Å². The maximum absolute atomic E-state index is 11.7.